The van der Waals surface area contributed by atoms with Gasteiger partial charge < -0.3 is 9.64 Å². The van der Waals surface area contributed by atoms with Crippen molar-refractivity contribution in [1.82, 2.24) is 10.3 Å². The molecular formula is C18H25Cl2N3O. The summed E-state index contributed by atoms with van der Waals surface area (Å²) in [6, 6.07) is 5.51. The minimum atomic E-state index is -0.533. The molecule has 0 aromatic heterocycles. The van der Waals surface area contributed by atoms with Crippen LogP contribution in [-0.4, -0.2) is 30.3 Å². The van der Waals surface area contributed by atoms with E-state index >= 15 is 0 Å². The maximum Gasteiger partial charge on any atom is 0.153 e. The van der Waals surface area contributed by atoms with Gasteiger partial charge in [0, 0.05) is 19.3 Å². The maximum absolute atomic E-state index is 6.08. The van der Waals surface area contributed by atoms with Gasteiger partial charge in [-0.05, 0) is 57.7 Å². The highest BCUT2D eigenvalue weighted by molar-refractivity contribution is 6.42. The van der Waals surface area contributed by atoms with Crippen LogP contribution in [0.25, 0.3) is 0 Å². The number of rotatable bonds is 8. The van der Waals surface area contributed by atoms with E-state index in [1.54, 1.807) is 6.07 Å². The second-order valence-corrected chi connectivity index (χ2v) is 6.56. The average Bonchev–Trinajstić information content (AvgIpc) is 2.96. The molecule has 0 bridgehead atoms. The molecule has 0 saturated heterocycles. The average molecular weight is 370 g/mol. The molecule has 1 aliphatic heterocycles. The van der Waals surface area contributed by atoms with Gasteiger partial charge in [-0.15, -0.1) is 0 Å². The molecule has 0 radical (unpaired) electrons. The molecule has 0 spiro atoms. The fourth-order valence-corrected chi connectivity index (χ4v) is 2.69. The van der Waals surface area contributed by atoms with Crippen molar-refractivity contribution in [3.8, 4) is 0 Å². The molecule has 0 saturated carbocycles. The quantitative estimate of drug-likeness (QED) is 0.665. The Bertz CT molecular complexity index is 602. The summed E-state index contributed by atoms with van der Waals surface area (Å²) in [4.78, 5) is 2.25. The number of halogens is 2. The Morgan fingerprint density at radius 3 is 2.67 bits per heavy atom. The molecule has 0 amide bonds. The van der Waals surface area contributed by atoms with E-state index in [0.717, 1.165) is 25.2 Å². The first kappa shape index (κ1) is 19.1. The first-order chi connectivity index (χ1) is 11.5. The smallest absolute Gasteiger partial charge is 0.153 e. The van der Waals surface area contributed by atoms with Crippen molar-refractivity contribution in [1.29, 1.82) is 0 Å². The van der Waals surface area contributed by atoms with E-state index in [0.29, 0.717) is 16.7 Å². The van der Waals surface area contributed by atoms with E-state index < -0.39 is 5.72 Å². The number of ether oxygens (including phenoxy) is 1. The van der Waals surface area contributed by atoms with Gasteiger partial charge in [-0.2, -0.15) is 5.43 Å². The van der Waals surface area contributed by atoms with Crippen molar-refractivity contribution in [3.05, 3.63) is 52.8 Å². The number of nitrogens with one attached hydrogen (secondary N) is 1. The lowest BCUT2D eigenvalue weighted by atomic mass is 10.3. The molecule has 0 fully saturated rings. The van der Waals surface area contributed by atoms with Crippen LogP contribution in [0.2, 0.25) is 10.0 Å². The Morgan fingerprint density at radius 1 is 1.25 bits per heavy atom. The van der Waals surface area contributed by atoms with Crippen LogP contribution in [0, 0.1) is 0 Å². The molecule has 1 heterocycles. The predicted molar refractivity (Wildman–Crippen MR) is 102 cm³/mol. The molecule has 1 aromatic rings. The SMILES string of the molecule is CCN(/C=C/CCOC1(C)C=CN(c2ccc(Cl)c(Cl)c2)N1)CC. The van der Waals surface area contributed by atoms with E-state index in [-0.39, 0.29) is 0 Å². The van der Waals surface area contributed by atoms with Crippen molar-refractivity contribution in [2.45, 2.75) is 32.9 Å². The van der Waals surface area contributed by atoms with Crippen LogP contribution in [0.4, 0.5) is 5.69 Å². The second kappa shape index (κ2) is 8.77. The molecule has 4 nitrogen and oxygen atoms in total. The van der Waals surface area contributed by atoms with Gasteiger partial charge in [0.15, 0.2) is 5.72 Å². The third-order valence-corrected chi connectivity index (χ3v) is 4.62. The van der Waals surface area contributed by atoms with E-state index in [9.17, 15) is 0 Å². The molecule has 132 valence electrons. The lowest BCUT2D eigenvalue weighted by Crippen LogP contribution is -2.46. The van der Waals surface area contributed by atoms with Crippen LogP contribution < -0.4 is 10.4 Å². The highest BCUT2D eigenvalue weighted by Gasteiger charge is 2.29. The summed E-state index contributed by atoms with van der Waals surface area (Å²) in [6.45, 7) is 8.98. The number of nitrogens with zero attached hydrogens (tertiary/aromatic N) is 2. The van der Waals surface area contributed by atoms with Gasteiger partial charge in [0.2, 0.25) is 0 Å². The summed E-state index contributed by atoms with van der Waals surface area (Å²) >= 11 is 12.0. The molecule has 2 rings (SSSR count). The zero-order valence-electron chi connectivity index (χ0n) is 14.4. The van der Waals surface area contributed by atoms with Gasteiger partial charge in [-0.1, -0.05) is 29.3 Å². The number of anilines is 1. The number of hydrogen-bond donors (Lipinski definition) is 1. The van der Waals surface area contributed by atoms with Crippen molar-refractivity contribution in [2.75, 3.05) is 24.7 Å². The third kappa shape index (κ3) is 5.15. The standard InChI is InChI=1S/C18H25Cl2N3O/c1-4-22(5-2)11-6-7-13-24-18(3)10-12-23(21-18)15-8-9-16(19)17(20)14-15/h6,8-12,14,21H,4-5,7,13H2,1-3H3/b11-6+. The highest BCUT2D eigenvalue weighted by Crippen LogP contribution is 2.29. The zero-order valence-corrected chi connectivity index (χ0v) is 15.9. The molecule has 6 heteroatoms. The molecule has 1 unspecified atom stereocenters. The van der Waals surface area contributed by atoms with Crippen molar-refractivity contribution < 1.29 is 4.74 Å². The zero-order chi connectivity index (χ0) is 17.6. The van der Waals surface area contributed by atoms with Gasteiger partial charge in [0.25, 0.3) is 0 Å². The van der Waals surface area contributed by atoms with Crippen LogP contribution in [0.3, 0.4) is 0 Å². The minimum Gasteiger partial charge on any atom is -0.378 e. The van der Waals surface area contributed by atoms with E-state index in [4.69, 9.17) is 27.9 Å². The second-order valence-electron chi connectivity index (χ2n) is 5.75. The van der Waals surface area contributed by atoms with Crippen LogP contribution in [0.15, 0.2) is 42.8 Å². The van der Waals surface area contributed by atoms with Crippen LogP contribution in [-0.2, 0) is 4.74 Å². The molecular weight excluding hydrogens is 345 g/mol. The first-order valence-corrected chi connectivity index (χ1v) is 8.99. The molecule has 1 atom stereocenters. The first-order valence-electron chi connectivity index (χ1n) is 8.23. The fraction of sp³-hybridized carbons (Fsp3) is 0.444. The largest absolute Gasteiger partial charge is 0.378 e. The molecule has 1 N–H and O–H groups in total. The Labute approximate surface area is 154 Å². The van der Waals surface area contributed by atoms with Crippen molar-refractivity contribution >= 4 is 28.9 Å². The normalized spacial score (nSPS) is 20.3. The van der Waals surface area contributed by atoms with Gasteiger partial charge in [0.05, 0.1) is 22.3 Å². The highest BCUT2D eigenvalue weighted by atomic mass is 35.5. The third-order valence-electron chi connectivity index (χ3n) is 3.88. The number of hydrogen-bond acceptors (Lipinski definition) is 4. The van der Waals surface area contributed by atoms with E-state index in [2.05, 4.69) is 36.4 Å². The lowest BCUT2D eigenvalue weighted by molar-refractivity contribution is -0.0109. The summed E-state index contributed by atoms with van der Waals surface area (Å²) in [6.07, 6.45) is 9.07. The Morgan fingerprint density at radius 2 is 2.00 bits per heavy atom. The van der Waals surface area contributed by atoms with E-state index in [1.807, 2.05) is 36.3 Å². The lowest BCUT2D eigenvalue weighted by Gasteiger charge is -2.28. The van der Waals surface area contributed by atoms with Crippen molar-refractivity contribution in [3.63, 3.8) is 0 Å². The topological polar surface area (TPSA) is 27.7 Å². The monoisotopic (exact) mass is 369 g/mol. The molecule has 1 aliphatic rings. The minimum absolute atomic E-state index is 0.528. The number of hydrazine groups is 1. The summed E-state index contributed by atoms with van der Waals surface area (Å²) in [5, 5.41) is 2.96. The summed E-state index contributed by atoms with van der Waals surface area (Å²) < 4.78 is 5.98. The number of benzene rings is 1. The Hall–Kier alpha value is -1.20. The van der Waals surface area contributed by atoms with Crippen LogP contribution in [0.1, 0.15) is 27.2 Å². The van der Waals surface area contributed by atoms with Gasteiger partial charge in [-0.25, -0.2) is 0 Å². The van der Waals surface area contributed by atoms with Crippen molar-refractivity contribution in [2.24, 2.45) is 0 Å². The van der Waals surface area contributed by atoms with Crippen LogP contribution in [0.5, 0.6) is 0 Å². The predicted octanol–water partition coefficient (Wildman–Crippen LogP) is 4.81. The van der Waals surface area contributed by atoms with Crippen LogP contribution >= 0.6 is 23.2 Å². The van der Waals surface area contributed by atoms with Gasteiger partial charge in [-0.3, -0.25) is 5.01 Å². The van der Waals surface area contributed by atoms with Gasteiger partial charge in [0.1, 0.15) is 0 Å². The van der Waals surface area contributed by atoms with Gasteiger partial charge >= 0.3 is 0 Å². The molecule has 0 aliphatic carbocycles. The molecule has 1 aromatic carbocycles. The van der Waals surface area contributed by atoms with E-state index in [1.165, 1.54) is 0 Å². The summed E-state index contributed by atoms with van der Waals surface area (Å²) in [5.41, 5.74) is 3.69. The maximum atomic E-state index is 6.08. The molecule has 24 heavy (non-hydrogen) atoms. The Balaban J connectivity index is 1.83. The fourth-order valence-electron chi connectivity index (χ4n) is 2.39. The summed E-state index contributed by atoms with van der Waals surface area (Å²) in [5.74, 6) is 0. The Kier molecular flexibility index (Phi) is 6.99. The summed E-state index contributed by atoms with van der Waals surface area (Å²) in [7, 11) is 0.